The molecule has 0 bridgehead atoms. The molecule has 0 aromatic rings. The topological polar surface area (TPSA) is 43.4 Å². The molecule has 1 fully saturated rings. The predicted octanol–water partition coefficient (Wildman–Crippen LogP) is 2.94. The van der Waals surface area contributed by atoms with E-state index in [1.807, 2.05) is 0 Å². The number of hydrogen-bond donors (Lipinski definition) is 0. The highest BCUT2D eigenvalue weighted by atomic mass is 32.3. The van der Waals surface area contributed by atoms with E-state index in [0.717, 1.165) is 12.8 Å². The summed E-state index contributed by atoms with van der Waals surface area (Å²) in [4.78, 5) is 0. The molecule has 0 N–H and O–H groups in total. The van der Waals surface area contributed by atoms with Gasteiger partial charge in [0.2, 0.25) is 0 Å². The molecule has 17 heavy (non-hydrogen) atoms. The third-order valence-corrected chi connectivity index (χ3v) is 7.74. The van der Waals surface area contributed by atoms with E-state index >= 15 is 0 Å². The summed E-state index contributed by atoms with van der Waals surface area (Å²) in [6.07, 6.45) is 4.81. The molecule has 0 amide bonds. The minimum atomic E-state index is -5.47. The molecule has 0 saturated carbocycles. The van der Waals surface area contributed by atoms with Crippen LogP contribution in [0.2, 0.25) is 0 Å². The van der Waals surface area contributed by atoms with Crippen molar-refractivity contribution in [3.8, 4) is 0 Å². The van der Waals surface area contributed by atoms with Crippen molar-refractivity contribution >= 4 is 20.4 Å². The van der Waals surface area contributed by atoms with Gasteiger partial charge < -0.3 is 0 Å². The summed E-state index contributed by atoms with van der Waals surface area (Å²) in [6.45, 7) is 1.74. The molecular weight excluding hydrogens is 277 g/mol. The number of halogens is 3. The van der Waals surface area contributed by atoms with Crippen LogP contribution in [-0.4, -0.2) is 31.2 Å². The van der Waals surface area contributed by atoms with Crippen LogP contribution in [0.25, 0.3) is 0 Å². The van der Waals surface area contributed by atoms with Crippen molar-refractivity contribution in [3.05, 3.63) is 12.2 Å². The van der Waals surface area contributed by atoms with Crippen LogP contribution in [0.15, 0.2) is 12.2 Å². The Bertz CT molecular complexity index is 381. The molecule has 0 unspecified atom stereocenters. The molecule has 0 aromatic heterocycles. The van der Waals surface area contributed by atoms with Gasteiger partial charge in [-0.2, -0.15) is 21.6 Å². The summed E-state index contributed by atoms with van der Waals surface area (Å²) >= 11 is 0. The third kappa shape index (κ3) is 3.62. The minimum Gasteiger partial charge on any atom is -0.213 e. The Morgan fingerprint density at radius 2 is 1.82 bits per heavy atom. The highest BCUT2D eigenvalue weighted by Gasteiger charge is 2.51. The van der Waals surface area contributed by atoms with Gasteiger partial charge in [-0.05, 0) is 19.8 Å². The molecule has 0 aromatic carbocycles. The average molecular weight is 292 g/mol. The molecule has 1 rings (SSSR count). The molecule has 1 aliphatic heterocycles. The van der Waals surface area contributed by atoms with E-state index in [1.54, 1.807) is 19.1 Å². The van der Waals surface area contributed by atoms with Crippen LogP contribution < -0.4 is 0 Å². The summed E-state index contributed by atoms with van der Waals surface area (Å²) in [6, 6.07) is 0. The Labute approximate surface area is 101 Å². The Morgan fingerprint density at radius 3 is 2.24 bits per heavy atom. The Morgan fingerprint density at radius 1 is 1.29 bits per heavy atom. The Kier molecular flexibility index (Phi) is 4.54. The molecular formula is C9H15F3O3S2. The van der Waals surface area contributed by atoms with Gasteiger partial charge in [0.15, 0.2) is 0 Å². The molecule has 0 radical (unpaired) electrons. The van der Waals surface area contributed by atoms with Crippen molar-refractivity contribution in [2.24, 2.45) is 0 Å². The zero-order valence-electron chi connectivity index (χ0n) is 9.37. The van der Waals surface area contributed by atoms with Crippen LogP contribution in [0.4, 0.5) is 13.2 Å². The van der Waals surface area contributed by atoms with Gasteiger partial charge in [-0.15, -0.1) is 10.3 Å². The first-order valence-electron chi connectivity index (χ1n) is 5.12. The van der Waals surface area contributed by atoms with E-state index in [2.05, 4.69) is 3.63 Å². The lowest BCUT2D eigenvalue weighted by molar-refractivity contribution is -0.0496. The summed E-state index contributed by atoms with van der Waals surface area (Å²) in [5.74, 6) is 1.12. The zero-order chi connectivity index (χ0) is 13.2. The first-order valence-corrected chi connectivity index (χ1v) is 8.60. The summed E-state index contributed by atoms with van der Waals surface area (Å²) in [5.41, 5.74) is -5.33. The van der Waals surface area contributed by atoms with Gasteiger partial charge >= 0.3 is 15.6 Å². The fraction of sp³-hybridized carbons (Fsp3) is 0.778. The van der Waals surface area contributed by atoms with E-state index < -0.39 is 25.9 Å². The van der Waals surface area contributed by atoms with Gasteiger partial charge in [-0.1, -0.05) is 12.2 Å². The first-order chi connectivity index (χ1) is 7.72. The SMILES string of the molecule is CC=CCS1(OS(=O)(=O)C(F)(F)F)CCCC1. The van der Waals surface area contributed by atoms with Crippen molar-refractivity contribution in [1.29, 1.82) is 0 Å². The van der Waals surface area contributed by atoms with Crippen LogP contribution in [0, 0.1) is 0 Å². The van der Waals surface area contributed by atoms with E-state index in [1.165, 1.54) is 0 Å². The molecule has 0 aliphatic carbocycles. The van der Waals surface area contributed by atoms with E-state index in [-0.39, 0.29) is 5.75 Å². The molecule has 0 spiro atoms. The zero-order valence-corrected chi connectivity index (χ0v) is 11.0. The molecule has 1 heterocycles. The molecule has 3 nitrogen and oxygen atoms in total. The van der Waals surface area contributed by atoms with Gasteiger partial charge in [-0.25, -0.2) is 3.63 Å². The van der Waals surface area contributed by atoms with Crippen LogP contribution in [0.1, 0.15) is 19.8 Å². The maximum Gasteiger partial charge on any atom is 0.523 e. The minimum absolute atomic E-state index is 0.277. The Hall–Kier alpha value is -0.210. The lowest BCUT2D eigenvalue weighted by Crippen LogP contribution is -2.28. The van der Waals surface area contributed by atoms with Crippen molar-refractivity contribution in [1.82, 2.24) is 0 Å². The van der Waals surface area contributed by atoms with Crippen molar-refractivity contribution in [2.45, 2.75) is 25.3 Å². The van der Waals surface area contributed by atoms with E-state index in [0.29, 0.717) is 11.5 Å². The first kappa shape index (κ1) is 14.8. The average Bonchev–Trinajstić information content (AvgIpc) is 2.61. The van der Waals surface area contributed by atoms with Crippen LogP contribution >= 0.6 is 10.3 Å². The number of allylic oxidation sites excluding steroid dienone is 1. The second-order valence-electron chi connectivity index (χ2n) is 3.78. The smallest absolute Gasteiger partial charge is 0.213 e. The van der Waals surface area contributed by atoms with Gasteiger partial charge in [0.1, 0.15) is 0 Å². The lowest BCUT2D eigenvalue weighted by atomic mass is 10.4. The Balaban J connectivity index is 2.88. The highest BCUT2D eigenvalue weighted by molar-refractivity contribution is 8.33. The fourth-order valence-corrected chi connectivity index (χ4v) is 6.73. The quantitative estimate of drug-likeness (QED) is 0.591. The predicted molar refractivity (Wildman–Crippen MR) is 62.3 cm³/mol. The van der Waals surface area contributed by atoms with Crippen LogP contribution in [-0.2, 0) is 13.7 Å². The normalized spacial score (nSPS) is 23.1. The number of hydrogen-bond acceptors (Lipinski definition) is 3. The number of alkyl halides is 3. The maximum atomic E-state index is 12.3. The second-order valence-corrected chi connectivity index (χ2v) is 8.78. The maximum absolute atomic E-state index is 12.3. The van der Waals surface area contributed by atoms with Crippen LogP contribution in [0.5, 0.6) is 0 Å². The van der Waals surface area contributed by atoms with Crippen molar-refractivity contribution < 1.29 is 25.2 Å². The summed E-state index contributed by atoms with van der Waals surface area (Å²) < 4.78 is 63.4. The van der Waals surface area contributed by atoms with Gasteiger partial charge in [0, 0.05) is 17.3 Å². The van der Waals surface area contributed by atoms with Gasteiger partial charge in [0.25, 0.3) is 0 Å². The van der Waals surface area contributed by atoms with E-state index in [9.17, 15) is 21.6 Å². The van der Waals surface area contributed by atoms with Crippen molar-refractivity contribution in [2.75, 3.05) is 17.3 Å². The molecule has 0 atom stereocenters. The highest BCUT2D eigenvalue weighted by Crippen LogP contribution is 2.57. The summed E-state index contributed by atoms with van der Waals surface area (Å²) in [7, 11) is -7.63. The molecule has 102 valence electrons. The van der Waals surface area contributed by atoms with Crippen molar-refractivity contribution in [3.63, 3.8) is 0 Å². The summed E-state index contributed by atoms with van der Waals surface area (Å²) in [5, 5.41) is 0. The van der Waals surface area contributed by atoms with Crippen LogP contribution in [0.3, 0.4) is 0 Å². The second kappa shape index (κ2) is 5.19. The lowest BCUT2D eigenvalue weighted by Gasteiger charge is -2.32. The standard InChI is InChI=1S/C9H15F3O3S2/c1-2-3-6-16(7-4-5-8-16)15-17(13,14)9(10,11)12/h2-3H,4-8H2,1H3. The number of rotatable bonds is 4. The van der Waals surface area contributed by atoms with Gasteiger partial charge in [-0.3, -0.25) is 0 Å². The fourth-order valence-electron chi connectivity index (χ4n) is 1.59. The largest absolute Gasteiger partial charge is 0.523 e. The molecule has 1 saturated heterocycles. The molecule has 1 aliphatic rings. The van der Waals surface area contributed by atoms with Gasteiger partial charge in [0.05, 0.1) is 0 Å². The monoisotopic (exact) mass is 292 g/mol. The van der Waals surface area contributed by atoms with E-state index in [4.69, 9.17) is 0 Å². The molecule has 8 heteroatoms. The third-order valence-electron chi connectivity index (χ3n) is 2.44.